The van der Waals surface area contributed by atoms with Gasteiger partial charge in [-0.1, -0.05) is 18.2 Å². The topological polar surface area (TPSA) is 89.9 Å². The largest absolute Gasteiger partial charge is 0.496 e. The molecule has 7 heteroatoms. The van der Waals surface area contributed by atoms with E-state index in [4.69, 9.17) is 14.0 Å². The second-order valence-electron chi connectivity index (χ2n) is 4.30. The lowest BCUT2D eigenvalue weighted by molar-refractivity contribution is -0.136. The molecule has 1 N–H and O–H groups in total. The van der Waals surface area contributed by atoms with Crippen LogP contribution in [0, 0.1) is 6.92 Å². The highest BCUT2D eigenvalue weighted by atomic mass is 32.2. The van der Waals surface area contributed by atoms with Crippen molar-refractivity contribution in [3.8, 4) is 0 Å². The maximum atomic E-state index is 11.9. The Morgan fingerprint density at radius 1 is 1.29 bits per heavy atom. The molecule has 0 heterocycles. The van der Waals surface area contributed by atoms with Crippen LogP contribution < -0.4 is 0 Å². The van der Waals surface area contributed by atoms with Gasteiger partial charge in [0.2, 0.25) is 0 Å². The van der Waals surface area contributed by atoms with Gasteiger partial charge in [-0.05, 0) is 31.6 Å². The minimum atomic E-state index is -3.81. The Kier molecular flexibility index (Phi) is 6.39. The summed E-state index contributed by atoms with van der Waals surface area (Å²) in [6.45, 7) is 3.16. The van der Waals surface area contributed by atoms with Gasteiger partial charge in [-0.15, -0.1) is 0 Å². The highest BCUT2D eigenvalue weighted by molar-refractivity contribution is 7.86. The summed E-state index contributed by atoms with van der Waals surface area (Å²) in [5.41, 5.74) is 0.607. The average molecular weight is 314 g/mol. The van der Waals surface area contributed by atoms with Gasteiger partial charge in [0.05, 0.1) is 17.1 Å². The van der Waals surface area contributed by atoms with Gasteiger partial charge in [-0.2, -0.15) is 8.42 Å². The number of allylic oxidation sites excluding steroid dienone is 1. The maximum Gasteiger partial charge on any atom is 0.307 e. The van der Waals surface area contributed by atoms with Gasteiger partial charge < -0.3 is 9.84 Å². The Morgan fingerprint density at radius 2 is 1.95 bits per heavy atom. The van der Waals surface area contributed by atoms with Crippen molar-refractivity contribution in [2.45, 2.75) is 25.2 Å². The van der Waals surface area contributed by atoms with Crippen molar-refractivity contribution in [3.05, 3.63) is 41.7 Å². The van der Waals surface area contributed by atoms with Gasteiger partial charge in [-0.25, -0.2) is 0 Å². The third-order valence-electron chi connectivity index (χ3n) is 2.58. The third-order valence-corrected chi connectivity index (χ3v) is 4.05. The number of rotatable bonds is 8. The van der Waals surface area contributed by atoms with Crippen molar-refractivity contribution in [2.75, 3.05) is 13.2 Å². The summed E-state index contributed by atoms with van der Waals surface area (Å²) in [7, 11) is -3.81. The van der Waals surface area contributed by atoms with Crippen molar-refractivity contribution in [2.24, 2.45) is 0 Å². The number of hydrogen-bond donors (Lipinski definition) is 1. The molecule has 6 nitrogen and oxygen atoms in total. The Balaban J connectivity index is 2.47. The summed E-state index contributed by atoms with van der Waals surface area (Å²) in [5, 5.41) is 8.49. The number of ether oxygens (including phenoxy) is 1. The first-order chi connectivity index (χ1) is 9.83. The highest BCUT2D eigenvalue weighted by Gasteiger charge is 2.16. The fourth-order valence-corrected chi connectivity index (χ4v) is 2.66. The van der Waals surface area contributed by atoms with Crippen molar-refractivity contribution in [1.82, 2.24) is 0 Å². The predicted molar refractivity (Wildman–Crippen MR) is 76.3 cm³/mol. The van der Waals surface area contributed by atoms with Crippen LogP contribution in [0.4, 0.5) is 0 Å². The van der Waals surface area contributed by atoms with Crippen LogP contribution in [0.25, 0.3) is 0 Å². The zero-order valence-electron chi connectivity index (χ0n) is 11.9. The first-order valence-corrected chi connectivity index (χ1v) is 7.70. The quantitative estimate of drug-likeness (QED) is 0.449. The molecule has 21 heavy (non-hydrogen) atoms. The smallest absolute Gasteiger partial charge is 0.307 e. The van der Waals surface area contributed by atoms with Crippen LogP contribution in [-0.2, 0) is 23.8 Å². The second kappa shape index (κ2) is 7.80. The van der Waals surface area contributed by atoms with Crippen LogP contribution in [-0.4, -0.2) is 32.7 Å². The van der Waals surface area contributed by atoms with Crippen molar-refractivity contribution in [1.29, 1.82) is 0 Å². The Morgan fingerprint density at radius 3 is 2.57 bits per heavy atom. The monoisotopic (exact) mass is 314 g/mol. The lowest BCUT2D eigenvalue weighted by Gasteiger charge is -2.09. The molecule has 0 fully saturated rings. The van der Waals surface area contributed by atoms with Crippen LogP contribution in [0.2, 0.25) is 0 Å². The van der Waals surface area contributed by atoms with E-state index in [0.717, 1.165) is 0 Å². The summed E-state index contributed by atoms with van der Waals surface area (Å²) >= 11 is 0. The summed E-state index contributed by atoms with van der Waals surface area (Å²) in [6.07, 6.45) is 1.26. The average Bonchev–Trinajstić information content (AvgIpc) is 2.41. The molecular formula is C14H18O6S. The molecule has 0 bridgehead atoms. The fourth-order valence-electron chi connectivity index (χ4n) is 1.54. The van der Waals surface area contributed by atoms with Crippen LogP contribution in [0.15, 0.2) is 41.0 Å². The SMILES string of the molecule is CC(=CCC(=O)O)OCCOS(=O)(=O)c1ccccc1C. The molecule has 1 rings (SSSR count). The molecule has 0 amide bonds. The molecule has 0 atom stereocenters. The zero-order chi connectivity index (χ0) is 15.9. The van der Waals surface area contributed by atoms with Crippen LogP contribution >= 0.6 is 0 Å². The molecule has 116 valence electrons. The fraction of sp³-hybridized carbons (Fsp3) is 0.357. The Bertz CT molecular complexity index is 618. The van der Waals surface area contributed by atoms with Gasteiger partial charge in [0, 0.05) is 0 Å². The maximum absolute atomic E-state index is 11.9. The lowest BCUT2D eigenvalue weighted by atomic mass is 10.2. The highest BCUT2D eigenvalue weighted by Crippen LogP contribution is 2.16. The number of carbonyl (C=O) groups is 1. The molecule has 0 aromatic heterocycles. The van der Waals surface area contributed by atoms with Crippen molar-refractivity contribution in [3.63, 3.8) is 0 Å². The van der Waals surface area contributed by atoms with E-state index in [9.17, 15) is 13.2 Å². The molecule has 0 aliphatic rings. The minimum Gasteiger partial charge on any atom is -0.496 e. The van der Waals surface area contributed by atoms with Gasteiger partial charge in [0.25, 0.3) is 10.1 Å². The van der Waals surface area contributed by atoms with E-state index in [1.165, 1.54) is 12.1 Å². The summed E-state index contributed by atoms with van der Waals surface area (Å²) in [6, 6.07) is 6.53. The van der Waals surface area contributed by atoms with E-state index in [2.05, 4.69) is 0 Å². The Hall–Kier alpha value is -1.86. The van der Waals surface area contributed by atoms with Crippen LogP contribution in [0.5, 0.6) is 0 Å². The zero-order valence-corrected chi connectivity index (χ0v) is 12.7. The van der Waals surface area contributed by atoms with Crippen LogP contribution in [0.1, 0.15) is 18.9 Å². The van der Waals surface area contributed by atoms with Gasteiger partial charge in [0.15, 0.2) is 0 Å². The lowest BCUT2D eigenvalue weighted by Crippen LogP contribution is -2.12. The van der Waals surface area contributed by atoms with E-state index in [1.54, 1.807) is 32.0 Å². The predicted octanol–water partition coefficient (Wildman–Crippen LogP) is 2.10. The number of carboxylic acid groups (broad SMARTS) is 1. The van der Waals surface area contributed by atoms with Gasteiger partial charge in [0.1, 0.15) is 13.2 Å². The molecule has 0 unspecified atom stereocenters. The number of benzene rings is 1. The molecular weight excluding hydrogens is 296 g/mol. The van der Waals surface area contributed by atoms with Crippen molar-refractivity contribution >= 4 is 16.1 Å². The molecule has 0 aliphatic carbocycles. The molecule has 0 spiro atoms. The first-order valence-electron chi connectivity index (χ1n) is 6.29. The van der Waals surface area contributed by atoms with E-state index < -0.39 is 16.1 Å². The number of aliphatic carboxylic acids is 1. The van der Waals surface area contributed by atoms with E-state index in [0.29, 0.717) is 11.3 Å². The van der Waals surface area contributed by atoms with Crippen LogP contribution in [0.3, 0.4) is 0 Å². The molecule has 1 aromatic carbocycles. The number of hydrogen-bond acceptors (Lipinski definition) is 5. The second-order valence-corrected chi connectivity index (χ2v) is 5.89. The standard InChI is InChI=1S/C14H18O6S/c1-11-5-3-4-6-13(11)21(17,18)20-10-9-19-12(2)7-8-14(15)16/h3-7H,8-10H2,1-2H3,(H,15,16). The summed E-state index contributed by atoms with van der Waals surface area (Å²) < 4.78 is 33.9. The Labute approximate surface area is 124 Å². The van der Waals surface area contributed by atoms with E-state index >= 15 is 0 Å². The molecule has 1 aromatic rings. The molecule has 0 saturated carbocycles. The minimum absolute atomic E-state index is 0.0209. The molecule has 0 radical (unpaired) electrons. The summed E-state index contributed by atoms with van der Waals surface area (Å²) in [4.78, 5) is 10.5. The number of aryl methyl sites for hydroxylation is 1. The normalized spacial score (nSPS) is 12.2. The van der Waals surface area contributed by atoms with Gasteiger partial charge >= 0.3 is 5.97 Å². The molecule has 0 aliphatic heterocycles. The molecule has 0 saturated heterocycles. The van der Waals surface area contributed by atoms with E-state index in [-0.39, 0.29) is 24.5 Å². The van der Waals surface area contributed by atoms with E-state index in [1.807, 2.05) is 0 Å². The third kappa shape index (κ3) is 5.97. The van der Waals surface area contributed by atoms with Crippen molar-refractivity contribution < 1.29 is 27.2 Å². The van der Waals surface area contributed by atoms with Gasteiger partial charge in [-0.3, -0.25) is 8.98 Å². The number of carboxylic acids is 1. The first kappa shape index (κ1) is 17.2. The summed E-state index contributed by atoms with van der Waals surface area (Å²) in [5.74, 6) is -0.550.